The third-order valence-corrected chi connectivity index (χ3v) is 2.43. The third kappa shape index (κ3) is 1.75. The van der Waals surface area contributed by atoms with Crippen molar-refractivity contribution >= 4 is 5.82 Å². The Kier molecular flexibility index (Phi) is 2.26. The van der Waals surface area contributed by atoms with Crippen LogP contribution < -0.4 is 5.73 Å². The summed E-state index contributed by atoms with van der Waals surface area (Å²) in [6.07, 6.45) is 0. The Bertz CT molecular complexity index is 470. The minimum Gasteiger partial charge on any atom is -0.464 e. The number of aromatic nitrogens is 2. The first-order valence-electron chi connectivity index (χ1n) is 4.96. The van der Waals surface area contributed by atoms with Crippen LogP contribution in [0.2, 0.25) is 0 Å². The maximum Gasteiger partial charge on any atom is 0.128 e. The summed E-state index contributed by atoms with van der Waals surface area (Å²) < 4.78 is 7.32. The van der Waals surface area contributed by atoms with Crippen molar-refractivity contribution in [1.29, 1.82) is 0 Å². The van der Waals surface area contributed by atoms with E-state index in [0.717, 1.165) is 17.2 Å². The van der Waals surface area contributed by atoms with Gasteiger partial charge >= 0.3 is 0 Å². The molecular weight excluding hydrogens is 190 g/mol. The second kappa shape index (κ2) is 3.46. The summed E-state index contributed by atoms with van der Waals surface area (Å²) in [6, 6.07) is 5.79. The zero-order valence-electron chi connectivity index (χ0n) is 9.19. The fourth-order valence-electron chi connectivity index (χ4n) is 1.65. The van der Waals surface area contributed by atoms with E-state index in [2.05, 4.69) is 5.10 Å². The number of nitrogen functional groups attached to an aromatic ring is 1. The zero-order chi connectivity index (χ0) is 11.0. The van der Waals surface area contributed by atoms with Crippen molar-refractivity contribution in [1.82, 2.24) is 9.78 Å². The summed E-state index contributed by atoms with van der Waals surface area (Å²) >= 11 is 0. The molecule has 2 aromatic heterocycles. The molecule has 4 heteroatoms. The molecule has 2 N–H and O–H groups in total. The van der Waals surface area contributed by atoms with Crippen LogP contribution in [0.5, 0.6) is 0 Å². The summed E-state index contributed by atoms with van der Waals surface area (Å²) in [5.74, 6) is 2.44. The van der Waals surface area contributed by atoms with E-state index >= 15 is 0 Å². The fourth-order valence-corrected chi connectivity index (χ4v) is 1.65. The molecule has 15 heavy (non-hydrogen) atoms. The molecule has 0 aliphatic rings. The minimum atomic E-state index is 0.0346. The van der Waals surface area contributed by atoms with Crippen LogP contribution in [-0.2, 0) is 0 Å². The first kappa shape index (κ1) is 9.83. The smallest absolute Gasteiger partial charge is 0.128 e. The van der Waals surface area contributed by atoms with Gasteiger partial charge in [0, 0.05) is 6.07 Å². The molecule has 80 valence electrons. The monoisotopic (exact) mass is 205 g/mol. The van der Waals surface area contributed by atoms with Crippen molar-refractivity contribution in [3.8, 4) is 0 Å². The van der Waals surface area contributed by atoms with Crippen LogP contribution in [0, 0.1) is 13.8 Å². The molecule has 0 saturated heterocycles. The Balaban J connectivity index is 2.35. The molecule has 0 radical (unpaired) electrons. The Morgan fingerprint density at radius 3 is 2.60 bits per heavy atom. The van der Waals surface area contributed by atoms with Gasteiger partial charge in [-0.3, -0.25) is 0 Å². The van der Waals surface area contributed by atoms with E-state index in [1.165, 1.54) is 0 Å². The molecule has 4 nitrogen and oxygen atoms in total. The van der Waals surface area contributed by atoms with Gasteiger partial charge in [-0.25, -0.2) is 4.68 Å². The summed E-state index contributed by atoms with van der Waals surface area (Å²) in [5, 5.41) is 4.33. The summed E-state index contributed by atoms with van der Waals surface area (Å²) in [7, 11) is 0. The highest BCUT2D eigenvalue weighted by Crippen LogP contribution is 2.22. The van der Waals surface area contributed by atoms with Gasteiger partial charge in [0.25, 0.3) is 0 Å². The molecule has 2 rings (SSSR count). The lowest BCUT2D eigenvalue weighted by Gasteiger charge is -2.10. The van der Waals surface area contributed by atoms with Crippen LogP contribution in [0.3, 0.4) is 0 Å². The molecule has 2 heterocycles. The summed E-state index contributed by atoms with van der Waals surface area (Å²) in [5.41, 5.74) is 6.76. The van der Waals surface area contributed by atoms with Gasteiger partial charge in [-0.1, -0.05) is 0 Å². The van der Waals surface area contributed by atoms with Gasteiger partial charge in [0.15, 0.2) is 0 Å². The Morgan fingerprint density at radius 1 is 1.40 bits per heavy atom. The molecular formula is C11H15N3O. The van der Waals surface area contributed by atoms with E-state index in [0.29, 0.717) is 5.82 Å². The topological polar surface area (TPSA) is 57.0 Å². The van der Waals surface area contributed by atoms with Crippen molar-refractivity contribution < 1.29 is 4.42 Å². The number of nitrogens with zero attached hydrogens (tertiary/aromatic N) is 2. The first-order chi connectivity index (χ1) is 7.08. The maximum atomic E-state index is 5.85. The van der Waals surface area contributed by atoms with E-state index in [1.807, 2.05) is 39.0 Å². The van der Waals surface area contributed by atoms with E-state index < -0.39 is 0 Å². The van der Waals surface area contributed by atoms with E-state index in [-0.39, 0.29) is 6.04 Å². The molecule has 0 saturated carbocycles. The number of anilines is 1. The fraction of sp³-hybridized carbons (Fsp3) is 0.364. The molecule has 0 aliphatic heterocycles. The van der Waals surface area contributed by atoms with Gasteiger partial charge in [-0.15, -0.1) is 0 Å². The molecule has 2 aromatic rings. The van der Waals surface area contributed by atoms with E-state index in [4.69, 9.17) is 10.2 Å². The minimum absolute atomic E-state index is 0.0346. The highest BCUT2D eigenvalue weighted by molar-refractivity contribution is 5.32. The predicted octanol–water partition coefficient (Wildman–Crippen LogP) is 2.28. The normalized spacial score (nSPS) is 13.0. The van der Waals surface area contributed by atoms with Crippen LogP contribution >= 0.6 is 0 Å². The lowest BCUT2D eigenvalue weighted by Crippen LogP contribution is -2.10. The van der Waals surface area contributed by atoms with Crippen LogP contribution in [0.4, 0.5) is 5.82 Å². The molecule has 0 spiro atoms. The zero-order valence-corrected chi connectivity index (χ0v) is 9.19. The maximum absolute atomic E-state index is 5.85. The largest absolute Gasteiger partial charge is 0.464 e. The number of furan rings is 1. The second-order valence-electron chi connectivity index (χ2n) is 3.78. The SMILES string of the molecule is Cc1cc(N)n(C(C)c2ccc(C)o2)n1. The van der Waals surface area contributed by atoms with Crippen LogP contribution in [0.1, 0.15) is 30.2 Å². The van der Waals surface area contributed by atoms with E-state index in [1.54, 1.807) is 4.68 Å². The van der Waals surface area contributed by atoms with Gasteiger partial charge in [-0.2, -0.15) is 5.10 Å². The highest BCUT2D eigenvalue weighted by Gasteiger charge is 2.15. The quantitative estimate of drug-likeness (QED) is 0.818. The van der Waals surface area contributed by atoms with Crippen molar-refractivity contribution in [2.75, 3.05) is 5.73 Å². The molecule has 1 atom stereocenters. The Hall–Kier alpha value is -1.71. The molecule has 0 amide bonds. The number of rotatable bonds is 2. The molecule has 0 aliphatic carbocycles. The lowest BCUT2D eigenvalue weighted by molar-refractivity contribution is 0.413. The third-order valence-electron chi connectivity index (χ3n) is 2.43. The molecule has 0 bridgehead atoms. The van der Waals surface area contributed by atoms with Gasteiger partial charge in [0.05, 0.1) is 5.69 Å². The Morgan fingerprint density at radius 2 is 2.13 bits per heavy atom. The van der Waals surface area contributed by atoms with Gasteiger partial charge in [0.1, 0.15) is 23.4 Å². The summed E-state index contributed by atoms with van der Waals surface area (Å²) in [4.78, 5) is 0. The Labute approximate surface area is 88.7 Å². The molecule has 0 fully saturated rings. The first-order valence-corrected chi connectivity index (χ1v) is 4.96. The number of hydrogen-bond donors (Lipinski definition) is 1. The van der Waals surface area contributed by atoms with E-state index in [9.17, 15) is 0 Å². The lowest BCUT2D eigenvalue weighted by atomic mass is 10.2. The number of aryl methyl sites for hydroxylation is 2. The predicted molar refractivity (Wildman–Crippen MR) is 58.6 cm³/mol. The van der Waals surface area contributed by atoms with Crippen molar-refractivity contribution in [2.45, 2.75) is 26.8 Å². The average Bonchev–Trinajstić information content (AvgIpc) is 2.71. The van der Waals surface area contributed by atoms with Gasteiger partial charge in [0.2, 0.25) is 0 Å². The summed E-state index contributed by atoms with van der Waals surface area (Å²) in [6.45, 7) is 5.86. The average molecular weight is 205 g/mol. The number of nitrogens with two attached hydrogens (primary N) is 1. The van der Waals surface area contributed by atoms with Crippen molar-refractivity contribution in [3.05, 3.63) is 35.4 Å². The van der Waals surface area contributed by atoms with Gasteiger partial charge in [-0.05, 0) is 32.9 Å². The van der Waals surface area contributed by atoms with Crippen LogP contribution in [-0.4, -0.2) is 9.78 Å². The number of hydrogen-bond acceptors (Lipinski definition) is 3. The van der Waals surface area contributed by atoms with Crippen molar-refractivity contribution in [2.24, 2.45) is 0 Å². The highest BCUT2D eigenvalue weighted by atomic mass is 16.3. The molecule has 0 aromatic carbocycles. The van der Waals surface area contributed by atoms with Crippen LogP contribution in [0.15, 0.2) is 22.6 Å². The second-order valence-corrected chi connectivity index (χ2v) is 3.78. The van der Waals surface area contributed by atoms with Gasteiger partial charge < -0.3 is 10.2 Å². The van der Waals surface area contributed by atoms with Crippen LogP contribution in [0.25, 0.3) is 0 Å². The van der Waals surface area contributed by atoms with Crippen molar-refractivity contribution in [3.63, 3.8) is 0 Å². The standard InChI is InChI=1S/C11H15N3O/c1-7-6-11(12)14(13-7)9(3)10-5-4-8(2)15-10/h4-6,9H,12H2,1-3H3. The molecule has 1 unspecified atom stereocenters.